The van der Waals surface area contributed by atoms with E-state index >= 15 is 0 Å². The van der Waals surface area contributed by atoms with Gasteiger partial charge in [0, 0.05) is 18.7 Å². The van der Waals surface area contributed by atoms with Gasteiger partial charge in [0.05, 0.1) is 11.6 Å². The molecular formula is C14H18FN3. The first-order valence-corrected chi connectivity index (χ1v) is 6.34. The smallest absolute Gasteiger partial charge is 0.127 e. The molecule has 2 rings (SSSR count). The Morgan fingerprint density at radius 2 is 2.33 bits per heavy atom. The Bertz CT molecular complexity index is 453. The Balaban J connectivity index is 2.07. The molecule has 0 bridgehead atoms. The molecule has 1 heterocycles. The van der Waals surface area contributed by atoms with E-state index in [-0.39, 0.29) is 5.82 Å². The highest BCUT2D eigenvalue weighted by Gasteiger charge is 2.19. The molecule has 96 valence electrons. The maximum Gasteiger partial charge on any atom is 0.127 e. The zero-order valence-corrected chi connectivity index (χ0v) is 10.4. The summed E-state index contributed by atoms with van der Waals surface area (Å²) < 4.78 is 13.7. The molecule has 3 nitrogen and oxygen atoms in total. The van der Waals surface area contributed by atoms with E-state index < -0.39 is 0 Å². The molecule has 0 spiro atoms. The lowest BCUT2D eigenvalue weighted by Crippen LogP contribution is -2.38. The van der Waals surface area contributed by atoms with Crippen molar-refractivity contribution < 1.29 is 4.39 Å². The van der Waals surface area contributed by atoms with Crippen LogP contribution in [-0.2, 0) is 6.54 Å². The van der Waals surface area contributed by atoms with Crippen molar-refractivity contribution >= 4 is 0 Å². The number of halogens is 1. The quantitative estimate of drug-likeness (QED) is 0.887. The third-order valence-electron chi connectivity index (χ3n) is 3.51. The summed E-state index contributed by atoms with van der Waals surface area (Å²) in [6.07, 6.45) is 2.27. The van der Waals surface area contributed by atoms with Gasteiger partial charge in [-0.1, -0.05) is 0 Å². The number of benzene rings is 1. The first-order valence-electron chi connectivity index (χ1n) is 6.34. The van der Waals surface area contributed by atoms with Crippen LogP contribution >= 0.6 is 0 Å². The van der Waals surface area contributed by atoms with Crippen molar-refractivity contribution in [3.05, 3.63) is 35.1 Å². The Morgan fingerprint density at radius 1 is 1.50 bits per heavy atom. The zero-order valence-electron chi connectivity index (χ0n) is 10.4. The third-order valence-corrected chi connectivity index (χ3v) is 3.51. The lowest BCUT2D eigenvalue weighted by molar-refractivity contribution is 0.169. The number of nitriles is 1. The number of likely N-dealkylation sites (tertiary alicyclic amines) is 1. The summed E-state index contributed by atoms with van der Waals surface area (Å²) in [4.78, 5) is 2.22. The van der Waals surface area contributed by atoms with Crippen LogP contribution in [0.5, 0.6) is 0 Å². The monoisotopic (exact) mass is 247 g/mol. The first-order chi connectivity index (χ1) is 8.72. The van der Waals surface area contributed by atoms with E-state index in [9.17, 15) is 4.39 Å². The van der Waals surface area contributed by atoms with Gasteiger partial charge in [0.2, 0.25) is 0 Å². The van der Waals surface area contributed by atoms with Crippen LogP contribution < -0.4 is 5.73 Å². The van der Waals surface area contributed by atoms with Crippen LogP contribution in [0, 0.1) is 23.1 Å². The highest BCUT2D eigenvalue weighted by atomic mass is 19.1. The summed E-state index contributed by atoms with van der Waals surface area (Å²) in [5, 5.41) is 8.84. The fourth-order valence-electron chi connectivity index (χ4n) is 2.49. The van der Waals surface area contributed by atoms with Crippen molar-refractivity contribution in [2.45, 2.75) is 19.4 Å². The van der Waals surface area contributed by atoms with Crippen LogP contribution in [0.3, 0.4) is 0 Å². The second-order valence-corrected chi connectivity index (χ2v) is 4.90. The summed E-state index contributed by atoms with van der Waals surface area (Å²) in [5.41, 5.74) is 6.81. The second kappa shape index (κ2) is 5.94. The van der Waals surface area contributed by atoms with Crippen molar-refractivity contribution in [3.8, 4) is 6.07 Å². The predicted molar refractivity (Wildman–Crippen MR) is 68.2 cm³/mol. The normalized spacial score (nSPS) is 20.6. The molecule has 0 saturated carbocycles. The molecule has 2 N–H and O–H groups in total. The zero-order chi connectivity index (χ0) is 13.0. The standard InChI is InChI=1S/C14H18FN3/c15-14-4-3-11(7-16)6-13(14)10-18-5-1-2-12(8-17)9-18/h3-4,6,12H,1-2,5,8-10,17H2. The van der Waals surface area contributed by atoms with Crippen LogP contribution in [0.25, 0.3) is 0 Å². The Labute approximate surface area is 107 Å². The molecule has 0 amide bonds. The Morgan fingerprint density at radius 3 is 3.06 bits per heavy atom. The van der Waals surface area contributed by atoms with Gasteiger partial charge in [-0.15, -0.1) is 0 Å². The van der Waals surface area contributed by atoms with Crippen LogP contribution in [0.15, 0.2) is 18.2 Å². The predicted octanol–water partition coefficient (Wildman–Crippen LogP) is 1.87. The molecule has 1 saturated heterocycles. The first kappa shape index (κ1) is 13.0. The second-order valence-electron chi connectivity index (χ2n) is 4.90. The van der Waals surface area contributed by atoms with Gasteiger partial charge < -0.3 is 5.73 Å². The van der Waals surface area contributed by atoms with Crippen LogP contribution in [0.4, 0.5) is 4.39 Å². The summed E-state index contributed by atoms with van der Waals surface area (Å²) in [6.45, 7) is 3.16. The molecule has 1 aromatic carbocycles. The Kier molecular flexibility index (Phi) is 4.29. The number of hydrogen-bond donors (Lipinski definition) is 1. The van der Waals surface area contributed by atoms with E-state index in [0.29, 0.717) is 30.1 Å². The molecule has 1 atom stereocenters. The van der Waals surface area contributed by atoms with Gasteiger partial charge >= 0.3 is 0 Å². The Hall–Kier alpha value is -1.44. The van der Waals surface area contributed by atoms with Gasteiger partial charge in [0.1, 0.15) is 5.82 Å². The summed E-state index contributed by atoms with van der Waals surface area (Å²) in [6, 6.07) is 6.57. The highest BCUT2D eigenvalue weighted by Crippen LogP contribution is 2.19. The molecular weight excluding hydrogens is 229 g/mol. The fourth-order valence-corrected chi connectivity index (χ4v) is 2.49. The number of rotatable bonds is 3. The van der Waals surface area contributed by atoms with Gasteiger partial charge in [0.25, 0.3) is 0 Å². The van der Waals surface area contributed by atoms with Gasteiger partial charge in [0.15, 0.2) is 0 Å². The minimum absolute atomic E-state index is 0.233. The van der Waals surface area contributed by atoms with Gasteiger partial charge in [-0.05, 0) is 50.0 Å². The molecule has 0 aliphatic carbocycles. The van der Waals surface area contributed by atoms with E-state index in [0.717, 1.165) is 25.9 Å². The van der Waals surface area contributed by atoms with Crippen molar-refractivity contribution in [1.29, 1.82) is 5.26 Å². The summed E-state index contributed by atoms with van der Waals surface area (Å²) in [5.74, 6) is 0.282. The van der Waals surface area contributed by atoms with Crippen molar-refractivity contribution in [1.82, 2.24) is 4.90 Å². The number of nitrogens with zero attached hydrogens (tertiary/aromatic N) is 2. The van der Waals surface area contributed by atoms with E-state index in [1.54, 1.807) is 6.07 Å². The highest BCUT2D eigenvalue weighted by molar-refractivity contribution is 5.33. The van der Waals surface area contributed by atoms with E-state index in [4.69, 9.17) is 11.0 Å². The minimum Gasteiger partial charge on any atom is -0.330 e. The summed E-state index contributed by atoms with van der Waals surface area (Å²) in [7, 11) is 0. The van der Waals surface area contributed by atoms with E-state index in [1.165, 1.54) is 12.1 Å². The van der Waals surface area contributed by atoms with Crippen molar-refractivity contribution in [3.63, 3.8) is 0 Å². The third kappa shape index (κ3) is 3.06. The summed E-state index contributed by atoms with van der Waals surface area (Å²) >= 11 is 0. The minimum atomic E-state index is -0.233. The average Bonchev–Trinajstić information content (AvgIpc) is 2.41. The van der Waals surface area contributed by atoms with Crippen LogP contribution in [0.1, 0.15) is 24.0 Å². The molecule has 0 radical (unpaired) electrons. The average molecular weight is 247 g/mol. The van der Waals surface area contributed by atoms with Crippen molar-refractivity contribution in [2.75, 3.05) is 19.6 Å². The molecule has 1 aliphatic heterocycles. The molecule has 18 heavy (non-hydrogen) atoms. The fraction of sp³-hybridized carbons (Fsp3) is 0.500. The van der Waals surface area contributed by atoms with E-state index in [1.807, 2.05) is 6.07 Å². The molecule has 4 heteroatoms. The van der Waals surface area contributed by atoms with Crippen LogP contribution in [0.2, 0.25) is 0 Å². The topological polar surface area (TPSA) is 53.0 Å². The lowest BCUT2D eigenvalue weighted by Gasteiger charge is -2.32. The van der Waals surface area contributed by atoms with Crippen LogP contribution in [-0.4, -0.2) is 24.5 Å². The number of hydrogen-bond acceptors (Lipinski definition) is 3. The molecule has 1 aromatic rings. The molecule has 0 aromatic heterocycles. The molecule has 1 fully saturated rings. The van der Waals surface area contributed by atoms with Gasteiger partial charge in [-0.25, -0.2) is 4.39 Å². The van der Waals surface area contributed by atoms with Gasteiger partial charge in [-0.2, -0.15) is 5.26 Å². The number of nitrogens with two attached hydrogens (primary N) is 1. The number of piperidine rings is 1. The van der Waals surface area contributed by atoms with Gasteiger partial charge in [-0.3, -0.25) is 4.90 Å². The molecule has 1 aliphatic rings. The molecule has 1 unspecified atom stereocenters. The largest absolute Gasteiger partial charge is 0.330 e. The maximum atomic E-state index is 13.7. The van der Waals surface area contributed by atoms with E-state index in [2.05, 4.69) is 4.90 Å². The maximum absolute atomic E-state index is 13.7. The van der Waals surface area contributed by atoms with Crippen molar-refractivity contribution in [2.24, 2.45) is 11.7 Å². The lowest BCUT2D eigenvalue weighted by atomic mass is 9.97. The SMILES string of the molecule is N#Cc1ccc(F)c(CN2CCCC(CN)C2)c1.